The van der Waals surface area contributed by atoms with E-state index in [4.69, 9.17) is 23.2 Å². The Hall–Kier alpha value is -2.09. The van der Waals surface area contributed by atoms with Gasteiger partial charge in [-0.2, -0.15) is 4.68 Å². The third-order valence-electron chi connectivity index (χ3n) is 3.22. The van der Waals surface area contributed by atoms with Crippen LogP contribution < -0.4 is 5.32 Å². The number of hydrogen-bond acceptors (Lipinski definition) is 5. The number of amides is 1. The third kappa shape index (κ3) is 4.94. The van der Waals surface area contributed by atoms with E-state index in [0.717, 1.165) is 11.3 Å². The molecule has 6 nitrogen and oxygen atoms in total. The SMILES string of the molecule is O=C(CSc1nnnn1-c1ccc(Cl)cc1)NCc1cccc(Cl)c1. The Balaban J connectivity index is 1.56. The van der Waals surface area contributed by atoms with Gasteiger partial charge < -0.3 is 5.32 Å². The summed E-state index contributed by atoms with van der Waals surface area (Å²) < 4.78 is 1.56. The average Bonchev–Trinajstić information content (AvgIpc) is 3.07. The summed E-state index contributed by atoms with van der Waals surface area (Å²) in [7, 11) is 0. The lowest BCUT2D eigenvalue weighted by Gasteiger charge is -2.06. The van der Waals surface area contributed by atoms with Crippen molar-refractivity contribution in [2.75, 3.05) is 5.75 Å². The molecule has 0 fully saturated rings. The molecule has 0 aliphatic carbocycles. The van der Waals surface area contributed by atoms with Crippen LogP contribution in [0.25, 0.3) is 5.69 Å². The van der Waals surface area contributed by atoms with Gasteiger partial charge in [-0.15, -0.1) is 5.10 Å². The molecule has 3 aromatic rings. The van der Waals surface area contributed by atoms with Crippen molar-refractivity contribution in [3.63, 3.8) is 0 Å². The highest BCUT2D eigenvalue weighted by Gasteiger charge is 2.11. The number of nitrogens with zero attached hydrogens (tertiary/aromatic N) is 4. The quantitative estimate of drug-likeness (QED) is 0.649. The largest absolute Gasteiger partial charge is 0.351 e. The van der Waals surface area contributed by atoms with Crippen LogP contribution >= 0.6 is 35.0 Å². The zero-order valence-electron chi connectivity index (χ0n) is 12.9. The van der Waals surface area contributed by atoms with E-state index in [9.17, 15) is 4.79 Å². The molecule has 3 rings (SSSR count). The molecular formula is C16H13Cl2N5OS. The predicted molar refractivity (Wildman–Crippen MR) is 98.2 cm³/mol. The van der Waals surface area contributed by atoms with E-state index < -0.39 is 0 Å². The molecule has 0 bridgehead atoms. The molecule has 0 aliphatic heterocycles. The van der Waals surface area contributed by atoms with Crippen molar-refractivity contribution in [2.24, 2.45) is 0 Å². The van der Waals surface area contributed by atoms with Gasteiger partial charge in [0.25, 0.3) is 0 Å². The maximum atomic E-state index is 12.0. The van der Waals surface area contributed by atoms with E-state index in [2.05, 4.69) is 20.8 Å². The van der Waals surface area contributed by atoms with E-state index in [-0.39, 0.29) is 11.7 Å². The van der Waals surface area contributed by atoms with Crippen molar-refractivity contribution in [1.29, 1.82) is 0 Å². The molecule has 128 valence electrons. The van der Waals surface area contributed by atoms with Gasteiger partial charge in [0, 0.05) is 16.6 Å². The Bertz CT molecular complexity index is 869. The van der Waals surface area contributed by atoms with Gasteiger partial charge in [-0.1, -0.05) is 47.1 Å². The number of thioether (sulfide) groups is 1. The van der Waals surface area contributed by atoms with E-state index >= 15 is 0 Å². The minimum atomic E-state index is -0.115. The minimum Gasteiger partial charge on any atom is -0.351 e. The van der Waals surface area contributed by atoms with Crippen LogP contribution in [0, 0.1) is 0 Å². The standard InChI is InChI=1S/C16H13Cl2N5OS/c17-12-4-6-14(7-5-12)23-16(20-21-22-23)25-10-15(24)19-9-11-2-1-3-13(18)8-11/h1-8H,9-10H2,(H,19,24). The lowest BCUT2D eigenvalue weighted by atomic mass is 10.2. The van der Waals surface area contributed by atoms with Crippen LogP contribution in [-0.4, -0.2) is 31.9 Å². The number of benzene rings is 2. The van der Waals surface area contributed by atoms with Crippen LogP contribution in [0.3, 0.4) is 0 Å². The van der Waals surface area contributed by atoms with E-state index in [1.54, 1.807) is 22.9 Å². The van der Waals surface area contributed by atoms with Gasteiger partial charge in [0.15, 0.2) is 0 Å². The molecule has 0 saturated heterocycles. The van der Waals surface area contributed by atoms with E-state index in [1.807, 2.05) is 30.3 Å². The second kappa shape index (κ2) is 8.33. The number of carbonyl (C=O) groups excluding carboxylic acids is 1. The van der Waals surface area contributed by atoms with E-state index in [0.29, 0.717) is 21.7 Å². The summed E-state index contributed by atoms with van der Waals surface area (Å²) in [6.07, 6.45) is 0. The van der Waals surface area contributed by atoms with Gasteiger partial charge in [-0.25, -0.2) is 0 Å². The van der Waals surface area contributed by atoms with Crippen molar-refractivity contribution < 1.29 is 4.79 Å². The Morgan fingerprint density at radius 2 is 1.92 bits per heavy atom. The summed E-state index contributed by atoms with van der Waals surface area (Å²) in [6.45, 7) is 0.419. The lowest BCUT2D eigenvalue weighted by molar-refractivity contribution is -0.118. The minimum absolute atomic E-state index is 0.115. The van der Waals surface area contributed by atoms with E-state index in [1.165, 1.54) is 11.8 Å². The highest BCUT2D eigenvalue weighted by Crippen LogP contribution is 2.19. The topological polar surface area (TPSA) is 72.7 Å². The molecule has 1 N–H and O–H groups in total. The van der Waals surface area contributed by atoms with Crippen molar-refractivity contribution in [3.8, 4) is 5.69 Å². The molecule has 0 spiro atoms. The molecule has 1 aromatic heterocycles. The van der Waals surface area contributed by atoms with Crippen LogP contribution in [0.4, 0.5) is 0 Å². The molecule has 0 aliphatic rings. The Morgan fingerprint density at radius 3 is 2.68 bits per heavy atom. The van der Waals surface area contributed by atoms with Crippen molar-refractivity contribution >= 4 is 40.9 Å². The molecule has 0 atom stereocenters. The van der Waals surface area contributed by atoms with Crippen LogP contribution in [0.2, 0.25) is 10.0 Å². The number of rotatable bonds is 6. The summed E-state index contributed by atoms with van der Waals surface area (Å²) in [5, 5.41) is 16.2. The van der Waals surface area contributed by atoms with Gasteiger partial charge in [0.2, 0.25) is 11.1 Å². The zero-order chi connectivity index (χ0) is 17.6. The third-order valence-corrected chi connectivity index (χ3v) is 4.63. The highest BCUT2D eigenvalue weighted by molar-refractivity contribution is 7.99. The first-order valence-corrected chi connectivity index (χ1v) is 9.04. The first kappa shape index (κ1) is 17.7. The fourth-order valence-electron chi connectivity index (χ4n) is 2.04. The predicted octanol–water partition coefficient (Wildman–Crippen LogP) is 3.38. The first-order chi connectivity index (χ1) is 12.1. The van der Waals surface area contributed by atoms with Gasteiger partial charge >= 0.3 is 0 Å². The number of aromatic nitrogens is 4. The number of tetrazole rings is 1. The molecule has 0 saturated carbocycles. The normalized spacial score (nSPS) is 10.6. The van der Waals surface area contributed by atoms with Crippen LogP contribution in [0.15, 0.2) is 53.7 Å². The van der Waals surface area contributed by atoms with Crippen molar-refractivity contribution in [3.05, 3.63) is 64.1 Å². The summed E-state index contributed by atoms with van der Waals surface area (Å²) in [5.74, 6) is 0.0877. The number of nitrogens with one attached hydrogen (secondary N) is 1. The molecular weight excluding hydrogens is 381 g/mol. The summed E-state index contributed by atoms with van der Waals surface area (Å²) >= 11 is 13.1. The Kier molecular flexibility index (Phi) is 5.91. The van der Waals surface area contributed by atoms with Crippen molar-refractivity contribution in [2.45, 2.75) is 11.7 Å². The van der Waals surface area contributed by atoms with Gasteiger partial charge in [-0.3, -0.25) is 4.79 Å². The molecule has 2 aromatic carbocycles. The highest BCUT2D eigenvalue weighted by atomic mass is 35.5. The van der Waals surface area contributed by atoms with Crippen LogP contribution in [0.1, 0.15) is 5.56 Å². The maximum absolute atomic E-state index is 12.0. The molecule has 0 radical (unpaired) electrons. The summed E-state index contributed by atoms with van der Waals surface area (Å²) in [4.78, 5) is 12.0. The average molecular weight is 394 g/mol. The Labute approximate surface area is 158 Å². The molecule has 1 amide bonds. The fourth-order valence-corrected chi connectivity index (χ4v) is 3.10. The number of hydrogen-bond donors (Lipinski definition) is 1. The van der Waals surface area contributed by atoms with Crippen molar-refractivity contribution in [1.82, 2.24) is 25.5 Å². The Morgan fingerprint density at radius 1 is 1.12 bits per heavy atom. The molecule has 9 heteroatoms. The van der Waals surface area contributed by atoms with Gasteiger partial charge in [-0.05, 0) is 52.4 Å². The zero-order valence-corrected chi connectivity index (χ0v) is 15.2. The lowest BCUT2D eigenvalue weighted by Crippen LogP contribution is -2.24. The molecule has 0 unspecified atom stereocenters. The molecule has 1 heterocycles. The summed E-state index contributed by atoms with van der Waals surface area (Å²) in [5.41, 5.74) is 1.72. The summed E-state index contributed by atoms with van der Waals surface area (Å²) in [6, 6.07) is 14.5. The maximum Gasteiger partial charge on any atom is 0.230 e. The monoisotopic (exact) mass is 393 g/mol. The second-order valence-corrected chi connectivity index (χ2v) is 6.86. The van der Waals surface area contributed by atoms with Crippen LogP contribution in [-0.2, 0) is 11.3 Å². The van der Waals surface area contributed by atoms with Crippen LogP contribution in [0.5, 0.6) is 0 Å². The second-order valence-electron chi connectivity index (χ2n) is 5.05. The number of carbonyl (C=O) groups is 1. The van der Waals surface area contributed by atoms with Gasteiger partial charge in [0.05, 0.1) is 11.4 Å². The smallest absolute Gasteiger partial charge is 0.230 e. The van der Waals surface area contributed by atoms with Gasteiger partial charge in [0.1, 0.15) is 0 Å². The first-order valence-electron chi connectivity index (χ1n) is 7.30. The fraction of sp³-hybridized carbons (Fsp3) is 0.125. The number of halogens is 2. The molecule has 25 heavy (non-hydrogen) atoms.